The molecule has 3 aromatic rings. The van der Waals surface area contributed by atoms with E-state index < -0.39 is 6.03 Å². The summed E-state index contributed by atoms with van der Waals surface area (Å²) in [7, 11) is 0. The van der Waals surface area contributed by atoms with Crippen molar-refractivity contribution in [2.24, 2.45) is 0 Å². The van der Waals surface area contributed by atoms with Gasteiger partial charge in [-0.2, -0.15) is 0 Å². The number of aromatic nitrogens is 2. The number of thioether (sulfide) groups is 1. The van der Waals surface area contributed by atoms with Crippen LogP contribution in [0.5, 0.6) is 0 Å². The number of rotatable bonds is 5. The SMILES string of the molecule is O=C(Nc1nnc(SCc2ccccc2)s1)Nc1ccc(Cl)cc1Cl. The summed E-state index contributed by atoms with van der Waals surface area (Å²) in [6, 6.07) is 14.5. The second-order valence-electron chi connectivity index (χ2n) is 4.85. The first-order chi connectivity index (χ1) is 12.1. The van der Waals surface area contributed by atoms with Crippen LogP contribution in [0.15, 0.2) is 52.9 Å². The number of amides is 2. The van der Waals surface area contributed by atoms with Gasteiger partial charge in [0, 0.05) is 10.8 Å². The Morgan fingerprint density at radius 2 is 1.88 bits per heavy atom. The fraction of sp³-hybridized carbons (Fsp3) is 0.0625. The lowest BCUT2D eigenvalue weighted by atomic mass is 10.2. The van der Waals surface area contributed by atoms with Crippen LogP contribution in [0.4, 0.5) is 15.6 Å². The highest BCUT2D eigenvalue weighted by Crippen LogP contribution is 2.29. The number of carbonyl (C=O) groups excluding carboxylic acids is 1. The molecule has 25 heavy (non-hydrogen) atoms. The molecule has 0 aliphatic heterocycles. The quantitative estimate of drug-likeness (QED) is 0.413. The Bertz CT molecular complexity index is 874. The molecule has 0 saturated heterocycles. The Hall–Kier alpha value is -1.80. The Morgan fingerprint density at radius 3 is 2.64 bits per heavy atom. The number of hydrogen-bond acceptors (Lipinski definition) is 5. The summed E-state index contributed by atoms with van der Waals surface area (Å²) in [6.45, 7) is 0. The zero-order valence-corrected chi connectivity index (χ0v) is 15.8. The molecule has 2 N–H and O–H groups in total. The predicted octanol–water partition coefficient (Wildman–Crippen LogP) is 5.78. The lowest BCUT2D eigenvalue weighted by molar-refractivity contribution is 0.262. The third-order valence-electron chi connectivity index (χ3n) is 3.01. The van der Waals surface area contributed by atoms with Gasteiger partial charge in [-0.05, 0) is 23.8 Å². The topological polar surface area (TPSA) is 66.9 Å². The minimum atomic E-state index is -0.444. The molecular weight excluding hydrogens is 399 g/mol. The monoisotopic (exact) mass is 410 g/mol. The normalized spacial score (nSPS) is 10.5. The van der Waals surface area contributed by atoms with Gasteiger partial charge in [0.05, 0.1) is 10.7 Å². The molecule has 1 aromatic heterocycles. The molecule has 0 saturated carbocycles. The van der Waals surface area contributed by atoms with Gasteiger partial charge in [0.25, 0.3) is 0 Å². The molecule has 3 rings (SSSR count). The molecule has 0 radical (unpaired) electrons. The van der Waals surface area contributed by atoms with Crippen molar-refractivity contribution in [1.29, 1.82) is 0 Å². The van der Waals surface area contributed by atoms with Crippen LogP contribution in [0.3, 0.4) is 0 Å². The smallest absolute Gasteiger partial charge is 0.306 e. The number of anilines is 2. The summed E-state index contributed by atoms with van der Waals surface area (Å²) < 4.78 is 0.781. The van der Waals surface area contributed by atoms with E-state index in [4.69, 9.17) is 23.2 Å². The zero-order chi connectivity index (χ0) is 17.6. The van der Waals surface area contributed by atoms with E-state index >= 15 is 0 Å². The molecule has 9 heteroatoms. The van der Waals surface area contributed by atoms with E-state index in [1.807, 2.05) is 18.2 Å². The van der Waals surface area contributed by atoms with Crippen LogP contribution in [0.1, 0.15) is 5.56 Å². The second-order valence-corrected chi connectivity index (χ2v) is 7.89. The van der Waals surface area contributed by atoms with Crippen molar-refractivity contribution in [2.45, 2.75) is 10.1 Å². The molecule has 128 valence electrons. The molecule has 2 aromatic carbocycles. The van der Waals surface area contributed by atoms with Crippen LogP contribution < -0.4 is 10.6 Å². The molecule has 0 spiro atoms. The average molecular weight is 411 g/mol. The minimum Gasteiger partial charge on any atom is -0.306 e. The van der Waals surface area contributed by atoms with Crippen LogP contribution in [-0.4, -0.2) is 16.2 Å². The second kappa shape index (κ2) is 8.53. The maximum Gasteiger partial charge on any atom is 0.325 e. The maximum atomic E-state index is 12.0. The van der Waals surface area contributed by atoms with Crippen LogP contribution in [-0.2, 0) is 5.75 Å². The average Bonchev–Trinajstić information content (AvgIpc) is 3.04. The highest BCUT2D eigenvalue weighted by Gasteiger charge is 2.10. The summed E-state index contributed by atoms with van der Waals surface area (Å²) >= 11 is 14.7. The van der Waals surface area contributed by atoms with Gasteiger partial charge < -0.3 is 5.32 Å². The maximum absolute atomic E-state index is 12.0. The summed E-state index contributed by atoms with van der Waals surface area (Å²) in [5.41, 5.74) is 1.67. The molecular formula is C16H12Cl2N4OS2. The summed E-state index contributed by atoms with van der Waals surface area (Å²) in [6.07, 6.45) is 0. The van der Waals surface area contributed by atoms with Crippen molar-refractivity contribution in [3.05, 3.63) is 64.1 Å². The molecule has 0 fully saturated rings. The van der Waals surface area contributed by atoms with E-state index in [2.05, 4.69) is 33.0 Å². The van der Waals surface area contributed by atoms with E-state index in [0.717, 1.165) is 10.1 Å². The molecule has 0 bridgehead atoms. The Balaban J connectivity index is 1.54. The van der Waals surface area contributed by atoms with Crippen LogP contribution in [0.25, 0.3) is 0 Å². The van der Waals surface area contributed by atoms with Crippen molar-refractivity contribution in [1.82, 2.24) is 10.2 Å². The van der Waals surface area contributed by atoms with E-state index in [-0.39, 0.29) is 0 Å². The fourth-order valence-corrected chi connectivity index (χ4v) is 4.04. The Labute approximate surface area is 162 Å². The number of hydrogen-bond donors (Lipinski definition) is 2. The fourth-order valence-electron chi connectivity index (χ4n) is 1.88. The van der Waals surface area contributed by atoms with Crippen LogP contribution in [0.2, 0.25) is 10.0 Å². The lowest BCUT2D eigenvalue weighted by Crippen LogP contribution is -2.19. The lowest BCUT2D eigenvalue weighted by Gasteiger charge is -2.07. The summed E-state index contributed by atoms with van der Waals surface area (Å²) in [4.78, 5) is 12.0. The standard InChI is InChI=1S/C16H12Cl2N4OS2/c17-11-6-7-13(12(18)8-11)19-14(23)20-15-21-22-16(25-15)24-9-10-4-2-1-3-5-10/h1-8H,9H2,(H2,19,20,21,23). The Morgan fingerprint density at radius 1 is 1.08 bits per heavy atom. The van der Waals surface area contributed by atoms with Crippen molar-refractivity contribution in [2.75, 3.05) is 10.6 Å². The first kappa shape index (κ1) is 18.0. The van der Waals surface area contributed by atoms with Gasteiger partial charge in [-0.3, -0.25) is 5.32 Å². The van der Waals surface area contributed by atoms with Gasteiger partial charge in [0.1, 0.15) is 0 Å². The number of carbonyl (C=O) groups is 1. The third-order valence-corrected chi connectivity index (χ3v) is 5.60. The molecule has 5 nitrogen and oxygen atoms in total. The number of benzene rings is 2. The van der Waals surface area contributed by atoms with Gasteiger partial charge in [0.15, 0.2) is 4.34 Å². The van der Waals surface area contributed by atoms with E-state index in [0.29, 0.717) is 20.9 Å². The molecule has 2 amide bonds. The number of halogens is 2. The van der Waals surface area contributed by atoms with Crippen LogP contribution in [0, 0.1) is 0 Å². The number of nitrogens with zero attached hydrogens (tertiary/aromatic N) is 2. The van der Waals surface area contributed by atoms with Crippen LogP contribution >= 0.6 is 46.3 Å². The van der Waals surface area contributed by atoms with Crippen molar-refractivity contribution in [3.8, 4) is 0 Å². The van der Waals surface area contributed by atoms with E-state index in [1.54, 1.807) is 30.0 Å². The van der Waals surface area contributed by atoms with Gasteiger partial charge >= 0.3 is 6.03 Å². The molecule has 0 aliphatic carbocycles. The highest BCUT2D eigenvalue weighted by molar-refractivity contribution is 8.00. The van der Waals surface area contributed by atoms with Gasteiger partial charge in [-0.25, -0.2) is 4.79 Å². The van der Waals surface area contributed by atoms with Gasteiger partial charge in [-0.15, -0.1) is 10.2 Å². The largest absolute Gasteiger partial charge is 0.325 e. The Kier molecular flexibility index (Phi) is 6.14. The molecule has 0 atom stereocenters. The minimum absolute atomic E-state index is 0.360. The summed E-state index contributed by atoms with van der Waals surface area (Å²) in [5, 5.41) is 14.6. The van der Waals surface area contributed by atoms with Crippen molar-refractivity contribution >= 4 is 63.2 Å². The number of urea groups is 1. The molecule has 0 aliphatic rings. The van der Waals surface area contributed by atoms with Gasteiger partial charge in [-0.1, -0.05) is 76.6 Å². The zero-order valence-electron chi connectivity index (χ0n) is 12.7. The number of nitrogens with one attached hydrogen (secondary N) is 2. The van der Waals surface area contributed by atoms with E-state index in [1.165, 1.54) is 16.9 Å². The predicted molar refractivity (Wildman–Crippen MR) is 105 cm³/mol. The van der Waals surface area contributed by atoms with Gasteiger partial charge in [0.2, 0.25) is 5.13 Å². The molecule has 1 heterocycles. The first-order valence-corrected chi connectivity index (χ1v) is 9.69. The highest BCUT2D eigenvalue weighted by atomic mass is 35.5. The van der Waals surface area contributed by atoms with E-state index in [9.17, 15) is 4.79 Å². The first-order valence-electron chi connectivity index (χ1n) is 7.13. The molecule has 0 unspecified atom stereocenters. The van der Waals surface area contributed by atoms with Crippen molar-refractivity contribution < 1.29 is 4.79 Å². The third kappa shape index (κ3) is 5.34. The summed E-state index contributed by atoms with van der Waals surface area (Å²) in [5.74, 6) is 0.794. The van der Waals surface area contributed by atoms with Crippen molar-refractivity contribution in [3.63, 3.8) is 0 Å².